The number of hydrogen-bond donors (Lipinski definition) is 1. The van der Waals surface area contributed by atoms with Crippen LogP contribution in [0.5, 0.6) is 0 Å². The van der Waals surface area contributed by atoms with Gasteiger partial charge in [0.1, 0.15) is 0 Å². The molecule has 0 spiro atoms. The molecule has 2 rings (SSSR count). The van der Waals surface area contributed by atoms with Gasteiger partial charge in [-0.15, -0.1) is 0 Å². The summed E-state index contributed by atoms with van der Waals surface area (Å²) in [6.07, 6.45) is 8.50. The van der Waals surface area contributed by atoms with Gasteiger partial charge in [-0.2, -0.15) is 0 Å². The number of nitrogens with zero attached hydrogens (tertiary/aromatic N) is 1. The van der Waals surface area contributed by atoms with E-state index in [0.717, 1.165) is 12.5 Å². The Morgan fingerprint density at radius 1 is 1.15 bits per heavy atom. The Kier molecular flexibility index (Phi) is 3.23. The monoisotopic (exact) mass is 182 g/mol. The Morgan fingerprint density at radius 2 is 1.85 bits per heavy atom. The van der Waals surface area contributed by atoms with E-state index < -0.39 is 0 Å². The Hall–Kier alpha value is -0.0800. The van der Waals surface area contributed by atoms with Crippen LogP contribution in [0.1, 0.15) is 38.5 Å². The van der Waals surface area contributed by atoms with E-state index >= 15 is 0 Å². The van der Waals surface area contributed by atoms with Gasteiger partial charge in [-0.3, -0.25) is 4.90 Å². The van der Waals surface area contributed by atoms with Crippen LogP contribution in [0.4, 0.5) is 0 Å². The third kappa shape index (κ3) is 2.68. The molecular formula is C11H22N2. The third-order valence-electron chi connectivity index (χ3n) is 3.48. The maximum absolute atomic E-state index is 5.84. The highest BCUT2D eigenvalue weighted by Crippen LogP contribution is 2.34. The Labute approximate surface area is 81.5 Å². The maximum atomic E-state index is 5.84. The van der Waals surface area contributed by atoms with Crippen molar-refractivity contribution in [3.63, 3.8) is 0 Å². The summed E-state index contributed by atoms with van der Waals surface area (Å²) in [7, 11) is 0. The minimum atomic E-state index is 0.702. The van der Waals surface area contributed by atoms with E-state index in [0.29, 0.717) is 6.04 Å². The van der Waals surface area contributed by atoms with Gasteiger partial charge in [-0.1, -0.05) is 19.3 Å². The SMILES string of the molecule is NCC(CC1CC1)N1CCCCC1. The van der Waals surface area contributed by atoms with E-state index in [2.05, 4.69) is 4.90 Å². The second-order valence-corrected chi connectivity index (χ2v) is 4.67. The fraction of sp³-hybridized carbons (Fsp3) is 1.00. The second kappa shape index (κ2) is 4.43. The van der Waals surface area contributed by atoms with E-state index in [1.54, 1.807) is 0 Å². The zero-order valence-electron chi connectivity index (χ0n) is 8.54. The van der Waals surface area contributed by atoms with E-state index in [-0.39, 0.29) is 0 Å². The van der Waals surface area contributed by atoms with Crippen LogP contribution < -0.4 is 5.73 Å². The highest BCUT2D eigenvalue weighted by molar-refractivity contribution is 4.83. The molecule has 1 atom stereocenters. The first-order valence-corrected chi connectivity index (χ1v) is 5.84. The molecular weight excluding hydrogens is 160 g/mol. The third-order valence-corrected chi connectivity index (χ3v) is 3.48. The van der Waals surface area contributed by atoms with Crippen molar-refractivity contribution in [2.24, 2.45) is 11.7 Å². The number of hydrogen-bond acceptors (Lipinski definition) is 2. The molecule has 0 bridgehead atoms. The molecule has 0 aromatic rings. The van der Waals surface area contributed by atoms with Gasteiger partial charge in [-0.05, 0) is 38.3 Å². The number of rotatable bonds is 4. The number of likely N-dealkylation sites (tertiary alicyclic amines) is 1. The molecule has 1 saturated carbocycles. The molecule has 2 aliphatic rings. The lowest BCUT2D eigenvalue weighted by Gasteiger charge is -2.34. The van der Waals surface area contributed by atoms with Crippen molar-refractivity contribution in [3.05, 3.63) is 0 Å². The molecule has 0 aromatic heterocycles. The van der Waals surface area contributed by atoms with Crippen LogP contribution >= 0.6 is 0 Å². The van der Waals surface area contributed by atoms with Crippen molar-refractivity contribution >= 4 is 0 Å². The predicted molar refractivity (Wildman–Crippen MR) is 55.6 cm³/mol. The summed E-state index contributed by atoms with van der Waals surface area (Å²) in [5.74, 6) is 1.02. The van der Waals surface area contributed by atoms with Gasteiger partial charge in [0.15, 0.2) is 0 Å². The first kappa shape index (κ1) is 9.47. The van der Waals surface area contributed by atoms with E-state index in [9.17, 15) is 0 Å². The molecule has 0 amide bonds. The van der Waals surface area contributed by atoms with Crippen molar-refractivity contribution in [3.8, 4) is 0 Å². The summed E-state index contributed by atoms with van der Waals surface area (Å²) in [5, 5.41) is 0. The lowest BCUT2D eigenvalue weighted by atomic mass is 10.0. The molecule has 2 nitrogen and oxygen atoms in total. The van der Waals surface area contributed by atoms with Gasteiger partial charge < -0.3 is 5.73 Å². The molecule has 1 aliphatic carbocycles. The summed E-state index contributed by atoms with van der Waals surface area (Å²) < 4.78 is 0. The number of piperidine rings is 1. The Morgan fingerprint density at radius 3 is 2.38 bits per heavy atom. The van der Waals surface area contributed by atoms with Crippen LogP contribution in [-0.4, -0.2) is 30.6 Å². The molecule has 1 heterocycles. The van der Waals surface area contributed by atoms with E-state index in [4.69, 9.17) is 5.73 Å². The van der Waals surface area contributed by atoms with Crippen molar-refractivity contribution in [1.29, 1.82) is 0 Å². The van der Waals surface area contributed by atoms with Crippen LogP contribution in [0.15, 0.2) is 0 Å². The fourth-order valence-electron chi connectivity index (χ4n) is 2.42. The normalized spacial score (nSPS) is 27.5. The van der Waals surface area contributed by atoms with Crippen LogP contribution in [-0.2, 0) is 0 Å². The first-order chi connectivity index (χ1) is 6.40. The molecule has 1 aliphatic heterocycles. The molecule has 76 valence electrons. The van der Waals surface area contributed by atoms with Crippen molar-refractivity contribution in [1.82, 2.24) is 4.90 Å². The second-order valence-electron chi connectivity index (χ2n) is 4.67. The Bertz CT molecular complexity index is 148. The predicted octanol–water partition coefficient (Wildman–Crippen LogP) is 1.60. The minimum Gasteiger partial charge on any atom is -0.329 e. The zero-order valence-corrected chi connectivity index (χ0v) is 8.54. The Balaban J connectivity index is 1.78. The van der Waals surface area contributed by atoms with Crippen molar-refractivity contribution in [2.75, 3.05) is 19.6 Å². The van der Waals surface area contributed by atoms with Crippen LogP contribution in [0, 0.1) is 5.92 Å². The van der Waals surface area contributed by atoms with Crippen molar-refractivity contribution < 1.29 is 0 Å². The van der Waals surface area contributed by atoms with Gasteiger partial charge in [0.05, 0.1) is 0 Å². The van der Waals surface area contributed by atoms with Gasteiger partial charge >= 0.3 is 0 Å². The standard InChI is InChI=1S/C11H22N2/c12-9-11(8-10-4-5-10)13-6-2-1-3-7-13/h10-11H,1-9,12H2. The van der Waals surface area contributed by atoms with E-state index in [1.807, 2.05) is 0 Å². The molecule has 13 heavy (non-hydrogen) atoms. The van der Waals surface area contributed by atoms with Crippen LogP contribution in [0.25, 0.3) is 0 Å². The molecule has 2 N–H and O–H groups in total. The fourth-order valence-corrected chi connectivity index (χ4v) is 2.42. The van der Waals surface area contributed by atoms with Crippen LogP contribution in [0.3, 0.4) is 0 Å². The molecule has 2 fully saturated rings. The van der Waals surface area contributed by atoms with Crippen molar-refractivity contribution in [2.45, 2.75) is 44.6 Å². The summed E-state index contributed by atoms with van der Waals surface area (Å²) in [5.41, 5.74) is 5.84. The molecule has 2 heteroatoms. The number of nitrogens with two attached hydrogens (primary N) is 1. The average molecular weight is 182 g/mol. The zero-order chi connectivity index (χ0) is 9.10. The highest BCUT2D eigenvalue weighted by Gasteiger charge is 2.28. The van der Waals surface area contributed by atoms with Gasteiger partial charge in [0.25, 0.3) is 0 Å². The minimum absolute atomic E-state index is 0.702. The summed E-state index contributed by atoms with van der Waals surface area (Å²) >= 11 is 0. The molecule has 0 radical (unpaired) electrons. The average Bonchev–Trinajstić information content (AvgIpc) is 2.99. The molecule has 0 aromatic carbocycles. The van der Waals surface area contributed by atoms with Gasteiger partial charge in [-0.25, -0.2) is 0 Å². The first-order valence-electron chi connectivity index (χ1n) is 5.84. The smallest absolute Gasteiger partial charge is 0.0221 e. The van der Waals surface area contributed by atoms with Gasteiger partial charge in [0.2, 0.25) is 0 Å². The highest BCUT2D eigenvalue weighted by atomic mass is 15.2. The van der Waals surface area contributed by atoms with Gasteiger partial charge in [0, 0.05) is 12.6 Å². The molecule has 1 unspecified atom stereocenters. The molecule has 1 saturated heterocycles. The summed E-state index contributed by atoms with van der Waals surface area (Å²) in [6.45, 7) is 3.47. The topological polar surface area (TPSA) is 29.3 Å². The summed E-state index contributed by atoms with van der Waals surface area (Å²) in [4.78, 5) is 2.63. The maximum Gasteiger partial charge on any atom is 0.0221 e. The van der Waals surface area contributed by atoms with Crippen LogP contribution in [0.2, 0.25) is 0 Å². The largest absolute Gasteiger partial charge is 0.329 e. The quantitative estimate of drug-likeness (QED) is 0.715. The lowest BCUT2D eigenvalue weighted by molar-refractivity contribution is 0.155. The summed E-state index contributed by atoms with van der Waals surface area (Å²) in [6, 6.07) is 0.702. The lowest BCUT2D eigenvalue weighted by Crippen LogP contribution is -2.43. The van der Waals surface area contributed by atoms with E-state index in [1.165, 1.54) is 51.6 Å².